The molecule has 0 bridgehead atoms. The highest BCUT2D eigenvalue weighted by Crippen LogP contribution is 2.34. The number of fused-ring (bicyclic) bond motifs is 1. The van der Waals surface area contributed by atoms with E-state index in [0.29, 0.717) is 19.5 Å². The Labute approximate surface area is 122 Å². The summed E-state index contributed by atoms with van der Waals surface area (Å²) in [6, 6.07) is -0.287. The Morgan fingerprint density at radius 2 is 2.25 bits per heavy atom. The van der Waals surface area contributed by atoms with Gasteiger partial charge in [0.2, 0.25) is 0 Å². The topological polar surface area (TPSA) is 63.4 Å². The third-order valence-electron chi connectivity index (χ3n) is 4.17. The Morgan fingerprint density at radius 1 is 1.45 bits per heavy atom. The quantitative estimate of drug-likeness (QED) is 0.671. The first-order valence-corrected chi connectivity index (χ1v) is 7.79. The highest BCUT2D eigenvalue weighted by molar-refractivity contribution is 7.10. The van der Waals surface area contributed by atoms with Crippen LogP contribution < -0.4 is 5.73 Å². The number of hydrogen-bond donors (Lipinski definition) is 1. The van der Waals surface area contributed by atoms with Crippen LogP contribution in [0.3, 0.4) is 0 Å². The lowest BCUT2D eigenvalue weighted by atomic mass is 10.1. The van der Waals surface area contributed by atoms with Crippen molar-refractivity contribution >= 4 is 23.0 Å². The molecule has 2 heterocycles. The summed E-state index contributed by atoms with van der Waals surface area (Å²) in [5.74, 6) is 0.116. The average Bonchev–Trinajstić information content (AvgIpc) is 2.90. The number of thiophene rings is 1. The number of nitrogens with two attached hydrogens (primary N) is 1. The van der Waals surface area contributed by atoms with Gasteiger partial charge in [-0.15, -0.1) is 11.3 Å². The van der Waals surface area contributed by atoms with E-state index in [2.05, 4.69) is 6.58 Å². The van der Waals surface area contributed by atoms with E-state index in [1.165, 1.54) is 11.3 Å². The summed E-state index contributed by atoms with van der Waals surface area (Å²) in [7, 11) is 0. The second kappa shape index (κ2) is 5.14. The minimum atomic E-state index is -0.287. The van der Waals surface area contributed by atoms with Gasteiger partial charge in [-0.05, 0) is 24.8 Å². The number of rotatable bonds is 2. The Hall–Kier alpha value is -1.46. The van der Waals surface area contributed by atoms with Gasteiger partial charge in [0.25, 0.3) is 5.91 Å². The predicted octanol–water partition coefficient (Wildman–Crippen LogP) is 2.23. The molecule has 0 saturated heterocycles. The fraction of sp³-hybridized carbons (Fsp3) is 0.467. The average molecular weight is 290 g/mol. The zero-order chi connectivity index (χ0) is 14.3. The van der Waals surface area contributed by atoms with Crippen LogP contribution in [0.4, 0.5) is 0 Å². The van der Waals surface area contributed by atoms with Crippen molar-refractivity contribution in [3.63, 3.8) is 0 Å². The number of allylic oxidation sites excluding steroid dienone is 1. The summed E-state index contributed by atoms with van der Waals surface area (Å²) >= 11 is 1.54. The summed E-state index contributed by atoms with van der Waals surface area (Å²) in [6.45, 7) is 4.91. The molecule has 1 amide bonds. The molecule has 0 spiro atoms. The molecule has 1 aliphatic heterocycles. The molecule has 5 heteroatoms. The molecule has 1 aliphatic carbocycles. The number of amides is 1. The van der Waals surface area contributed by atoms with E-state index in [1.807, 2.05) is 5.38 Å². The van der Waals surface area contributed by atoms with Gasteiger partial charge in [-0.1, -0.05) is 12.2 Å². The molecule has 20 heavy (non-hydrogen) atoms. The largest absolute Gasteiger partial charge is 0.326 e. The Kier molecular flexibility index (Phi) is 3.48. The molecule has 1 aromatic heterocycles. The molecule has 1 saturated carbocycles. The molecular formula is C15H18N2O2S. The lowest BCUT2D eigenvalue weighted by Gasteiger charge is -2.25. The zero-order valence-electron chi connectivity index (χ0n) is 11.4. The minimum Gasteiger partial charge on any atom is -0.326 e. The second-order valence-corrected chi connectivity index (χ2v) is 6.45. The van der Waals surface area contributed by atoms with Crippen LogP contribution in [0.15, 0.2) is 17.5 Å². The summed E-state index contributed by atoms with van der Waals surface area (Å²) in [4.78, 5) is 27.6. The Balaban J connectivity index is 1.86. The van der Waals surface area contributed by atoms with Crippen molar-refractivity contribution in [3.05, 3.63) is 33.5 Å². The fourth-order valence-corrected chi connectivity index (χ4v) is 4.00. The number of hydrogen-bond acceptors (Lipinski definition) is 4. The highest BCUT2D eigenvalue weighted by atomic mass is 32.1. The van der Waals surface area contributed by atoms with E-state index in [9.17, 15) is 9.59 Å². The molecule has 2 aliphatic rings. The fourth-order valence-electron chi connectivity index (χ4n) is 3.08. The first kappa shape index (κ1) is 13.5. The summed E-state index contributed by atoms with van der Waals surface area (Å²) in [5.41, 5.74) is 8.46. The molecule has 0 aromatic carbocycles. The first-order chi connectivity index (χ1) is 9.61. The van der Waals surface area contributed by atoms with Crippen molar-refractivity contribution in [1.82, 2.24) is 4.90 Å². The monoisotopic (exact) mass is 290 g/mol. The van der Waals surface area contributed by atoms with Gasteiger partial charge in [0.05, 0.1) is 11.6 Å². The molecule has 3 rings (SSSR count). The van der Waals surface area contributed by atoms with Crippen molar-refractivity contribution in [2.24, 2.45) is 5.73 Å². The molecule has 1 fully saturated rings. The van der Waals surface area contributed by atoms with E-state index in [0.717, 1.165) is 40.8 Å². The molecule has 1 aromatic rings. The van der Waals surface area contributed by atoms with Crippen molar-refractivity contribution in [3.8, 4) is 0 Å². The van der Waals surface area contributed by atoms with Crippen molar-refractivity contribution < 1.29 is 9.59 Å². The van der Waals surface area contributed by atoms with E-state index < -0.39 is 0 Å². The number of carbonyl (C=O) groups is 2. The second-order valence-electron chi connectivity index (χ2n) is 5.49. The van der Waals surface area contributed by atoms with Crippen LogP contribution in [-0.2, 0) is 17.9 Å². The third kappa shape index (κ3) is 2.11. The molecule has 1 atom stereocenters. The molecule has 2 N–H and O–H groups in total. The van der Waals surface area contributed by atoms with Gasteiger partial charge < -0.3 is 10.6 Å². The van der Waals surface area contributed by atoms with Gasteiger partial charge in [-0.3, -0.25) is 9.59 Å². The molecule has 4 nitrogen and oxygen atoms in total. The van der Waals surface area contributed by atoms with E-state index in [-0.39, 0.29) is 17.7 Å². The molecular weight excluding hydrogens is 272 g/mol. The third-order valence-corrected chi connectivity index (χ3v) is 5.22. The lowest BCUT2D eigenvalue weighted by molar-refractivity contribution is -0.122. The summed E-state index contributed by atoms with van der Waals surface area (Å²) in [5, 5.41) is 1.87. The van der Waals surface area contributed by atoms with Crippen molar-refractivity contribution in [1.29, 1.82) is 0 Å². The standard InChI is InChI=1S/C15H18N2O2S/c1-9-3-2-4-12(13(18)5-9)17-7-10-11(15(17)19)8-20-14(10)6-16/h8,12H,1-7,16H2/t12-/m0/s1. The maximum Gasteiger partial charge on any atom is 0.255 e. The van der Waals surface area contributed by atoms with E-state index >= 15 is 0 Å². The first-order valence-electron chi connectivity index (χ1n) is 6.91. The number of carbonyl (C=O) groups excluding carboxylic acids is 2. The summed E-state index contributed by atoms with van der Waals surface area (Å²) < 4.78 is 0. The van der Waals surface area contributed by atoms with Gasteiger partial charge in [0, 0.05) is 29.8 Å². The van der Waals surface area contributed by atoms with Gasteiger partial charge in [-0.25, -0.2) is 0 Å². The molecule has 0 unspecified atom stereocenters. The maximum absolute atomic E-state index is 12.5. The van der Waals surface area contributed by atoms with Crippen LogP contribution in [-0.4, -0.2) is 22.6 Å². The lowest BCUT2D eigenvalue weighted by Crippen LogP contribution is -2.40. The van der Waals surface area contributed by atoms with Crippen LogP contribution in [0.2, 0.25) is 0 Å². The van der Waals surface area contributed by atoms with Crippen LogP contribution in [0.25, 0.3) is 0 Å². The van der Waals surface area contributed by atoms with Crippen LogP contribution in [0.5, 0.6) is 0 Å². The SMILES string of the molecule is C=C1CCC[C@H](N2Cc3c(csc3CN)C2=O)C(=O)C1. The Bertz CT molecular complexity index is 591. The number of ketones is 1. The van der Waals surface area contributed by atoms with Crippen molar-refractivity contribution in [2.45, 2.75) is 44.8 Å². The van der Waals surface area contributed by atoms with Crippen LogP contribution in [0.1, 0.15) is 46.5 Å². The molecule has 106 valence electrons. The summed E-state index contributed by atoms with van der Waals surface area (Å²) in [6.07, 6.45) is 2.97. The van der Waals surface area contributed by atoms with Crippen LogP contribution in [0, 0.1) is 0 Å². The van der Waals surface area contributed by atoms with Crippen LogP contribution >= 0.6 is 11.3 Å². The molecule has 0 radical (unpaired) electrons. The Morgan fingerprint density at radius 3 is 3.00 bits per heavy atom. The number of Topliss-reactive ketones (excluding diaryl/α,β-unsaturated/α-hetero) is 1. The number of nitrogens with zero attached hydrogens (tertiary/aromatic N) is 1. The smallest absolute Gasteiger partial charge is 0.255 e. The normalized spacial score (nSPS) is 23.1. The highest BCUT2D eigenvalue weighted by Gasteiger charge is 2.38. The van der Waals surface area contributed by atoms with Gasteiger partial charge >= 0.3 is 0 Å². The predicted molar refractivity (Wildman–Crippen MR) is 78.5 cm³/mol. The van der Waals surface area contributed by atoms with E-state index in [1.54, 1.807) is 4.90 Å². The van der Waals surface area contributed by atoms with Gasteiger partial charge in [-0.2, -0.15) is 0 Å². The van der Waals surface area contributed by atoms with E-state index in [4.69, 9.17) is 5.73 Å². The maximum atomic E-state index is 12.5. The minimum absolute atomic E-state index is 0.0122. The van der Waals surface area contributed by atoms with Crippen molar-refractivity contribution in [2.75, 3.05) is 0 Å². The zero-order valence-corrected chi connectivity index (χ0v) is 12.2. The van der Waals surface area contributed by atoms with Gasteiger partial charge in [0.1, 0.15) is 0 Å². The van der Waals surface area contributed by atoms with Gasteiger partial charge in [0.15, 0.2) is 5.78 Å².